The molecule has 1 rings (SSSR count). The number of benzene rings is 1. The molecule has 5 heteroatoms. The zero-order chi connectivity index (χ0) is 14.5. The molecule has 0 saturated heterocycles. The summed E-state index contributed by atoms with van der Waals surface area (Å²) in [6.45, 7) is 6.45. The van der Waals surface area contributed by atoms with Gasteiger partial charge in [0.15, 0.2) is 0 Å². The summed E-state index contributed by atoms with van der Waals surface area (Å²) in [7, 11) is 0. The number of rotatable bonds is 4. The molecule has 0 aliphatic heterocycles. The van der Waals surface area contributed by atoms with E-state index in [4.69, 9.17) is 22.1 Å². The highest BCUT2D eigenvalue weighted by Crippen LogP contribution is 2.16. The molecule has 1 amide bonds. The van der Waals surface area contributed by atoms with E-state index in [9.17, 15) is 4.79 Å². The van der Waals surface area contributed by atoms with Gasteiger partial charge in [-0.3, -0.25) is 0 Å². The highest BCUT2D eigenvalue weighted by atomic mass is 35.5. The number of carbonyl (C=O) groups excluding carboxylic acids is 1. The molecule has 0 aromatic heterocycles. The Balaban J connectivity index is 2.47. The average molecular weight is 285 g/mol. The second kappa shape index (κ2) is 6.78. The van der Waals surface area contributed by atoms with Crippen molar-refractivity contribution in [2.24, 2.45) is 5.73 Å². The number of amides is 1. The van der Waals surface area contributed by atoms with E-state index in [1.54, 1.807) is 0 Å². The molecular weight excluding hydrogens is 264 g/mol. The van der Waals surface area contributed by atoms with E-state index >= 15 is 0 Å². The van der Waals surface area contributed by atoms with Crippen LogP contribution in [0.2, 0.25) is 5.02 Å². The maximum atomic E-state index is 11.5. The first-order valence-corrected chi connectivity index (χ1v) is 6.62. The van der Waals surface area contributed by atoms with Gasteiger partial charge in [0.2, 0.25) is 0 Å². The van der Waals surface area contributed by atoms with Gasteiger partial charge in [0, 0.05) is 23.5 Å². The Hall–Kier alpha value is -1.26. The van der Waals surface area contributed by atoms with Crippen molar-refractivity contribution in [1.82, 2.24) is 5.32 Å². The van der Waals surface area contributed by atoms with Gasteiger partial charge < -0.3 is 15.8 Å². The van der Waals surface area contributed by atoms with Crippen LogP contribution in [-0.4, -0.2) is 18.2 Å². The molecule has 0 radical (unpaired) electrons. The van der Waals surface area contributed by atoms with Gasteiger partial charge in [-0.05, 0) is 44.0 Å². The Morgan fingerprint density at radius 2 is 2.05 bits per heavy atom. The highest BCUT2D eigenvalue weighted by molar-refractivity contribution is 6.30. The van der Waals surface area contributed by atoms with E-state index in [0.29, 0.717) is 24.6 Å². The topological polar surface area (TPSA) is 64.3 Å². The molecule has 0 aliphatic carbocycles. The molecule has 1 aromatic rings. The van der Waals surface area contributed by atoms with Crippen molar-refractivity contribution in [2.45, 2.75) is 39.3 Å². The van der Waals surface area contributed by atoms with Gasteiger partial charge in [0.1, 0.15) is 0 Å². The summed E-state index contributed by atoms with van der Waals surface area (Å²) in [5, 5.41) is 3.40. The van der Waals surface area contributed by atoms with Crippen LogP contribution in [0.1, 0.15) is 31.9 Å². The number of halogens is 1. The van der Waals surface area contributed by atoms with Gasteiger partial charge in [-0.15, -0.1) is 0 Å². The maximum Gasteiger partial charge on any atom is 0.407 e. The Morgan fingerprint density at radius 3 is 2.63 bits per heavy atom. The Bertz CT molecular complexity index is 442. The fraction of sp³-hybridized carbons (Fsp3) is 0.500. The number of nitrogens with one attached hydrogen (secondary N) is 1. The number of hydrogen-bond donors (Lipinski definition) is 2. The lowest BCUT2D eigenvalue weighted by molar-refractivity contribution is 0.139. The first-order valence-electron chi connectivity index (χ1n) is 6.24. The number of carbonyl (C=O) groups is 1. The Kier molecular flexibility index (Phi) is 5.63. The van der Waals surface area contributed by atoms with E-state index in [-0.39, 0.29) is 5.54 Å². The fourth-order valence-corrected chi connectivity index (χ4v) is 1.82. The van der Waals surface area contributed by atoms with Crippen molar-refractivity contribution in [3.63, 3.8) is 0 Å². The second-order valence-corrected chi connectivity index (χ2v) is 5.81. The van der Waals surface area contributed by atoms with Crippen molar-refractivity contribution in [3.8, 4) is 0 Å². The fourth-order valence-electron chi connectivity index (χ4n) is 1.62. The Morgan fingerprint density at radius 1 is 1.37 bits per heavy atom. The van der Waals surface area contributed by atoms with Crippen molar-refractivity contribution >= 4 is 17.7 Å². The molecular formula is C14H21ClN2O2. The third-order valence-electron chi connectivity index (χ3n) is 2.47. The monoisotopic (exact) mass is 284 g/mol. The molecule has 1 aromatic carbocycles. The molecule has 0 bridgehead atoms. The summed E-state index contributed by atoms with van der Waals surface area (Å²) in [6, 6.07) is 5.56. The molecule has 3 N–H and O–H groups in total. The summed E-state index contributed by atoms with van der Waals surface area (Å²) in [4.78, 5) is 11.5. The van der Waals surface area contributed by atoms with Gasteiger partial charge in [-0.25, -0.2) is 4.79 Å². The normalized spacial score (nSPS) is 11.2. The largest absolute Gasteiger partial charge is 0.449 e. The zero-order valence-electron chi connectivity index (χ0n) is 11.6. The highest BCUT2D eigenvalue weighted by Gasteiger charge is 2.14. The summed E-state index contributed by atoms with van der Waals surface area (Å²) in [5.41, 5.74) is 7.39. The molecule has 0 unspecified atom stereocenters. The first kappa shape index (κ1) is 15.8. The first-order chi connectivity index (χ1) is 8.81. The molecule has 0 atom stereocenters. The predicted octanol–water partition coefficient (Wildman–Crippen LogP) is 2.87. The van der Waals surface area contributed by atoms with Crippen LogP contribution in [0.25, 0.3) is 0 Å². The third-order valence-corrected chi connectivity index (χ3v) is 2.70. The minimum atomic E-state index is -0.407. The van der Waals surface area contributed by atoms with Crippen molar-refractivity contribution in [1.29, 1.82) is 0 Å². The molecule has 0 heterocycles. The lowest BCUT2D eigenvalue weighted by Gasteiger charge is -2.20. The van der Waals surface area contributed by atoms with Crippen LogP contribution >= 0.6 is 11.6 Å². The minimum Gasteiger partial charge on any atom is -0.449 e. The smallest absolute Gasteiger partial charge is 0.407 e. The summed E-state index contributed by atoms with van der Waals surface area (Å²) in [5.74, 6) is 0. The molecule has 0 fully saturated rings. The Labute approximate surface area is 119 Å². The number of nitrogens with two attached hydrogens (primary N) is 1. The zero-order valence-corrected chi connectivity index (χ0v) is 12.4. The van der Waals surface area contributed by atoms with Crippen LogP contribution in [0.15, 0.2) is 18.2 Å². The van der Waals surface area contributed by atoms with Crippen LogP contribution in [0.5, 0.6) is 0 Å². The molecule has 19 heavy (non-hydrogen) atoms. The molecule has 106 valence electrons. The SMILES string of the molecule is CC(C)(C)NC(=O)OCCc1ccc(Cl)cc1CN. The van der Waals surface area contributed by atoms with Crippen LogP contribution in [0.3, 0.4) is 0 Å². The number of hydrogen-bond acceptors (Lipinski definition) is 3. The van der Waals surface area contributed by atoms with Crippen molar-refractivity contribution < 1.29 is 9.53 Å². The molecule has 4 nitrogen and oxygen atoms in total. The van der Waals surface area contributed by atoms with Crippen molar-refractivity contribution in [2.75, 3.05) is 6.61 Å². The van der Waals surface area contributed by atoms with Crippen LogP contribution in [0, 0.1) is 0 Å². The number of ether oxygens (including phenoxy) is 1. The van der Waals surface area contributed by atoms with Gasteiger partial charge in [-0.2, -0.15) is 0 Å². The van der Waals surface area contributed by atoms with E-state index in [2.05, 4.69) is 5.32 Å². The van der Waals surface area contributed by atoms with Crippen LogP contribution < -0.4 is 11.1 Å². The summed E-state index contributed by atoms with van der Waals surface area (Å²) < 4.78 is 5.13. The quantitative estimate of drug-likeness (QED) is 0.893. The molecule has 0 spiro atoms. The summed E-state index contributed by atoms with van der Waals surface area (Å²) in [6.07, 6.45) is 0.220. The number of alkyl carbamates (subject to hydrolysis) is 1. The third kappa shape index (κ3) is 5.94. The summed E-state index contributed by atoms with van der Waals surface area (Å²) >= 11 is 5.90. The molecule has 0 aliphatic rings. The predicted molar refractivity (Wildman–Crippen MR) is 77.3 cm³/mol. The van der Waals surface area contributed by atoms with Gasteiger partial charge in [0.25, 0.3) is 0 Å². The lowest BCUT2D eigenvalue weighted by Crippen LogP contribution is -2.41. The molecule has 0 saturated carbocycles. The van der Waals surface area contributed by atoms with E-state index < -0.39 is 6.09 Å². The second-order valence-electron chi connectivity index (χ2n) is 5.38. The van der Waals surface area contributed by atoms with Crippen LogP contribution in [-0.2, 0) is 17.7 Å². The van der Waals surface area contributed by atoms with Crippen molar-refractivity contribution in [3.05, 3.63) is 34.3 Å². The van der Waals surface area contributed by atoms with Crippen LogP contribution in [0.4, 0.5) is 4.79 Å². The van der Waals surface area contributed by atoms with E-state index in [0.717, 1.165) is 11.1 Å². The lowest BCUT2D eigenvalue weighted by atomic mass is 10.1. The maximum absolute atomic E-state index is 11.5. The average Bonchev–Trinajstić information content (AvgIpc) is 2.28. The van der Waals surface area contributed by atoms with E-state index in [1.165, 1.54) is 0 Å². The van der Waals surface area contributed by atoms with Gasteiger partial charge in [0.05, 0.1) is 6.61 Å². The van der Waals surface area contributed by atoms with Gasteiger partial charge in [-0.1, -0.05) is 17.7 Å². The van der Waals surface area contributed by atoms with Gasteiger partial charge >= 0.3 is 6.09 Å². The minimum absolute atomic E-state index is 0.292. The van der Waals surface area contributed by atoms with E-state index in [1.807, 2.05) is 39.0 Å². The standard InChI is InChI=1S/C14H21ClN2O2/c1-14(2,3)17-13(18)19-7-6-10-4-5-12(15)8-11(10)9-16/h4-5,8H,6-7,9,16H2,1-3H3,(H,17,18).